The summed E-state index contributed by atoms with van der Waals surface area (Å²) >= 11 is 0. The monoisotopic (exact) mass is 174 g/mol. The van der Waals surface area contributed by atoms with E-state index in [1.54, 1.807) is 6.92 Å². The number of nitrogens with one attached hydrogen (secondary N) is 1. The maximum atomic E-state index is 10.5. The Balaban J connectivity index is 3.68. The molecule has 0 aromatic carbocycles. The zero-order chi connectivity index (χ0) is 9.72. The minimum absolute atomic E-state index is 0.152. The van der Waals surface area contributed by atoms with Crippen LogP contribution in [0, 0.1) is 0 Å². The molecule has 6 nitrogen and oxygen atoms in total. The van der Waals surface area contributed by atoms with E-state index >= 15 is 0 Å². The summed E-state index contributed by atoms with van der Waals surface area (Å²) in [6.07, 6.45) is 0. The zero-order valence-electron chi connectivity index (χ0n) is 6.91. The lowest BCUT2D eigenvalue weighted by Gasteiger charge is -2.12. The first-order valence-corrected chi connectivity index (χ1v) is 3.52. The predicted molar refractivity (Wildman–Crippen MR) is 43.8 cm³/mol. The Labute approximate surface area is 70.5 Å². The maximum absolute atomic E-state index is 10.5. The Morgan fingerprint density at radius 2 is 1.83 bits per heavy atom. The molecular formula is C6H14N4O2. The van der Waals surface area contributed by atoms with Gasteiger partial charge in [-0.05, 0) is 6.92 Å². The molecule has 0 fully saturated rings. The van der Waals surface area contributed by atoms with Gasteiger partial charge in [0.05, 0.1) is 12.1 Å². The summed E-state index contributed by atoms with van der Waals surface area (Å²) < 4.78 is 0. The number of hydrogen-bond donors (Lipinski definition) is 4. The molecule has 0 heterocycles. The van der Waals surface area contributed by atoms with E-state index < -0.39 is 23.9 Å². The normalized spacial score (nSPS) is 15.2. The van der Waals surface area contributed by atoms with Gasteiger partial charge in [-0.3, -0.25) is 9.59 Å². The molecule has 6 heteroatoms. The molecule has 0 spiro atoms. The fourth-order valence-electron chi connectivity index (χ4n) is 0.505. The lowest BCUT2D eigenvalue weighted by Crippen LogP contribution is -2.49. The summed E-state index contributed by atoms with van der Waals surface area (Å²) in [6.45, 7) is 1.73. The van der Waals surface area contributed by atoms with Gasteiger partial charge < -0.3 is 22.5 Å². The third-order valence-electron chi connectivity index (χ3n) is 1.44. The fourth-order valence-corrected chi connectivity index (χ4v) is 0.505. The minimum Gasteiger partial charge on any atom is -0.368 e. The van der Waals surface area contributed by atoms with Crippen LogP contribution in [-0.2, 0) is 9.59 Å². The summed E-state index contributed by atoms with van der Waals surface area (Å²) in [4.78, 5) is 20.9. The maximum Gasteiger partial charge on any atom is 0.235 e. The lowest BCUT2D eigenvalue weighted by atomic mass is 10.2. The van der Waals surface area contributed by atoms with Gasteiger partial charge in [0, 0.05) is 6.54 Å². The van der Waals surface area contributed by atoms with E-state index in [0.29, 0.717) is 0 Å². The second-order valence-electron chi connectivity index (χ2n) is 2.54. The Hall–Kier alpha value is -1.14. The van der Waals surface area contributed by atoms with Crippen molar-refractivity contribution in [2.45, 2.75) is 19.0 Å². The highest BCUT2D eigenvalue weighted by Gasteiger charge is 2.12. The molecule has 0 aromatic heterocycles. The average Bonchev–Trinajstić information content (AvgIpc) is 1.98. The molecule has 0 aliphatic heterocycles. The molecule has 70 valence electrons. The Morgan fingerprint density at radius 1 is 1.33 bits per heavy atom. The van der Waals surface area contributed by atoms with Crippen LogP contribution in [0.4, 0.5) is 0 Å². The molecule has 0 rings (SSSR count). The highest BCUT2D eigenvalue weighted by molar-refractivity contribution is 5.81. The van der Waals surface area contributed by atoms with Crippen LogP contribution >= 0.6 is 0 Å². The van der Waals surface area contributed by atoms with E-state index in [9.17, 15) is 9.59 Å². The molecule has 0 aliphatic carbocycles. The van der Waals surface area contributed by atoms with Crippen LogP contribution in [0.15, 0.2) is 0 Å². The molecule has 0 radical (unpaired) electrons. The smallest absolute Gasteiger partial charge is 0.235 e. The van der Waals surface area contributed by atoms with Crippen molar-refractivity contribution in [3.63, 3.8) is 0 Å². The number of primary amides is 2. The Kier molecular flexibility index (Phi) is 4.24. The molecule has 0 saturated carbocycles. The van der Waals surface area contributed by atoms with Crippen molar-refractivity contribution in [1.82, 2.24) is 5.32 Å². The van der Waals surface area contributed by atoms with Crippen molar-refractivity contribution in [2.75, 3.05) is 6.54 Å². The Morgan fingerprint density at radius 3 is 2.17 bits per heavy atom. The lowest BCUT2D eigenvalue weighted by molar-refractivity contribution is -0.121. The van der Waals surface area contributed by atoms with Gasteiger partial charge in [-0.2, -0.15) is 0 Å². The van der Waals surface area contributed by atoms with Crippen LogP contribution < -0.4 is 22.5 Å². The van der Waals surface area contributed by atoms with Gasteiger partial charge in [-0.1, -0.05) is 0 Å². The second-order valence-corrected chi connectivity index (χ2v) is 2.54. The highest BCUT2D eigenvalue weighted by atomic mass is 16.2. The van der Waals surface area contributed by atoms with E-state index in [1.807, 2.05) is 0 Å². The number of carbonyl (C=O) groups is 2. The first-order valence-electron chi connectivity index (χ1n) is 3.52. The number of hydrogen-bond acceptors (Lipinski definition) is 4. The quantitative estimate of drug-likeness (QED) is 0.361. The number of nitrogens with two attached hydrogens (primary N) is 3. The molecule has 0 aromatic rings. The SMILES string of the molecule is CC(NCC(N)C(N)=O)C(N)=O. The first-order chi connectivity index (χ1) is 5.45. The molecule has 0 saturated heterocycles. The van der Waals surface area contributed by atoms with Gasteiger partial charge in [0.2, 0.25) is 11.8 Å². The highest BCUT2D eigenvalue weighted by Crippen LogP contribution is 1.80. The van der Waals surface area contributed by atoms with E-state index in [0.717, 1.165) is 0 Å². The third kappa shape index (κ3) is 3.89. The summed E-state index contributed by atoms with van der Waals surface area (Å²) in [5.74, 6) is -1.11. The topological polar surface area (TPSA) is 124 Å². The van der Waals surface area contributed by atoms with E-state index in [-0.39, 0.29) is 6.54 Å². The van der Waals surface area contributed by atoms with Crippen molar-refractivity contribution < 1.29 is 9.59 Å². The molecule has 0 aliphatic rings. The van der Waals surface area contributed by atoms with E-state index in [2.05, 4.69) is 5.32 Å². The first kappa shape index (κ1) is 10.9. The van der Waals surface area contributed by atoms with E-state index in [4.69, 9.17) is 17.2 Å². The summed E-state index contributed by atoms with van der Waals surface area (Å²) in [6, 6.07) is -1.29. The van der Waals surface area contributed by atoms with Crippen LogP contribution in [0.5, 0.6) is 0 Å². The summed E-state index contributed by atoms with van der Waals surface area (Å²) in [5, 5.41) is 2.66. The van der Waals surface area contributed by atoms with Crippen molar-refractivity contribution in [3.05, 3.63) is 0 Å². The van der Waals surface area contributed by atoms with Gasteiger partial charge in [-0.25, -0.2) is 0 Å². The molecule has 2 amide bonds. The molecule has 12 heavy (non-hydrogen) atoms. The van der Waals surface area contributed by atoms with Crippen LogP contribution in [-0.4, -0.2) is 30.4 Å². The van der Waals surface area contributed by atoms with Crippen molar-refractivity contribution >= 4 is 11.8 Å². The molecule has 0 bridgehead atoms. The number of rotatable bonds is 5. The molecule has 2 unspecified atom stereocenters. The standard InChI is InChI=1S/C6H14N4O2/c1-3(5(8)11)10-2-4(7)6(9)12/h3-4,10H,2,7H2,1H3,(H2,8,11)(H2,9,12). The predicted octanol–water partition coefficient (Wildman–Crippen LogP) is -2.74. The molecule has 2 atom stereocenters. The largest absolute Gasteiger partial charge is 0.368 e. The summed E-state index contributed by atoms with van der Waals surface area (Å²) in [5.41, 5.74) is 15.1. The van der Waals surface area contributed by atoms with Crippen LogP contribution in [0.1, 0.15) is 6.92 Å². The van der Waals surface area contributed by atoms with Gasteiger partial charge in [0.1, 0.15) is 0 Å². The Bertz CT molecular complexity index is 162. The fraction of sp³-hybridized carbons (Fsp3) is 0.667. The zero-order valence-corrected chi connectivity index (χ0v) is 6.91. The second kappa shape index (κ2) is 4.68. The van der Waals surface area contributed by atoms with Crippen molar-refractivity contribution in [3.8, 4) is 0 Å². The third-order valence-corrected chi connectivity index (χ3v) is 1.44. The summed E-state index contributed by atoms with van der Waals surface area (Å²) in [7, 11) is 0. The van der Waals surface area contributed by atoms with Gasteiger partial charge in [-0.15, -0.1) is 0 Å². The number of carbonyl (C=O) groups excluding carboxylic acids is 2. The van der Waals surface area contributed by atoms with Gasteiger partial charge >= 0.3 is 0 Å². The van der Waals surface area contributed by atoms with Gasteiger partial charge in [0.25, 0.3) is 0 Å². The van der Waals surface area contributed by atoms with Gasteiger partial charge in [0.15, 0.2) is 0 Å². The molecular weight excluding hydrogens is 160 g/mol. The minimum atomic E-state index is -0.785. The van der Waals surface area contributed by atoms with Crippen molar-refractivity contribution in [2.24, 2.45) is 17.2 Å². The van der Waals surface area contributed by atoms with Crippen LogP contribution in [0.25, 0.3) is 0 Å². The van der Waals surface area contributed by atoms with E-state index in [1.165, 1.54) is 0 Å². The van der Waals surface area contributed by atoms with Crippen LogP contribution in [0.2, 0.25) is 0 Å². The molecule has 7 N–H and O–H groups in total. The number of amides is 2. The average molecular weight is 174 g/mol. The van der Waals surface area contributed by atoms with Crippen molar-refractivity contribution in [1.29, 1.82) is 0 Å². The van der Waals surface area contributed by atoms with Crippen LogP contribution in [0.3, 0.4) is 0 Å².